The van der Waals surface area contributed by atoms with Crippen LogP contribution in [-0.4, -0.2) is 17.5 Å². The number of hydrogen-bond acceptors (Lipinski definition) is 2. The molecule has 1 aromatic carbocycles. The summed E-state index contributed by atoms with van der Waals surface area (Å²) in [4.78, 5) is 26.2. The molecule has 1 heterocycles. The summed E-state index contributed by atoms with van der Waals surface area (Å²) in [6, 6.07) is 6.58. The van der Waals surface area contributed by atoms with Gasteiger partial charge in [0.05, 0.1) is 10.7 Å². The zero-order chi connectivity index (χ0) is 14.3. The lowest BCUT2D eigenvalue weighted by molar-refractivity contribution is -0.123. The SMILES string of the molecule is CC1CCCC2(C1)NC(=O)N(c1ccccc1Cl)C2=O. The first-order chi connectivity index (χ1) is 9.53. The molecule has 2 atom stereocenters. The third-order valence-corrected chi connectivity index (χ3v) is 4.57. The van der Waals surface area contributed by atoms with Crippen molar-refractivity contribution in [1.82, 2.24) is 5.32 Å². The monoisotopic (exact) mass is 292 g/mol. The van der Waals surface area contributed by atoms with Crippen LogP contribution in [0.5, 0.6) is 0 Å². The Hall–Kier alpha value is -1.55. The van der Waals surface area contributed by atoms with Gasteiger partial charge in [0.15, 0.2) is 0 Å². The van der Waals surface area contributed by atoms with Gasteiger partial charge in [-0.2, -0.15) is 0 Å². The van der Waals surface area contributed by atoms with E-state index in [-0.39, 0.29) is 11.9 Å². The molecule has 20 heavy (non-hydrogen) atoms. The van der Waals surface area contributed by atoms with Gasteiger partial charge in [-0.15, -0.1) is 0 Å². The minimum absolute atomic E-state index is 0.165. The van der Waals surface area contributed by atoms with Gasteiger partial charge in [0.2, 0.25) is 0 Å². The maximum atomic E-state index is 12.8. The van der Waals surface area contributed by atoms with Crippen molar-refractivity contribution in [3.8, 4) is 0 Å². The maximum absolute atomic E-state index is 12.8. The first kappa shape index (κ1) is 13.4. The van der Waals surface area contributed by atoms with Gasteiger partial charge in [-0.3, -0.25) is 4.79 Å². The van der Waals surface area contributed by atoms with Gasteiger partial charge in [0, 0.05) is 0 Å². The van der Waals surface area contributed by atoms with Crippen LogP contribution >= 0.6 is 11.6 Å². The van der Waals surface area contributed by atoms with Crippen LogP contribution in [-0.2, 0) is 4.79 Å². The third kappa shape index (κ3) is 1.99. The van der Waals surface area contributed by atoms with Crippen molar-refractivity contribution < 1.29 is 9.59 Å². The van der Waals surface area contributed by atoms with E-state index < -0.39 is 5.54 Å². The highest BCUT2D eigenvalue weighted by molar-refractivity contribution is 6.36. The van der Waals surface area contributed by atoms with Gasteiger partial charge < -0.3 is 5.32 Å². The summed E-state index contributed by atoms with van der Waals surface area (Å²) in [6.45, 7) is 2.12. The minimum Gasteiger partial charge on any atom is -0.323 e. The van der Waals surface area contributed by atoms with E-state index in [9.17, 15) is 9.59 Å². The largest absolute Gasteiger partial charge is 0.329 e. The molecule has 1 aliphatic heterocycles. The van der Waals surface area contributed by atoms with Gasteiger partial charge >= 0.3 is 6.03 Å². The van der Waals surface area contributed by atoms with Crippen LogP contribution in [0.3, 0.4) is 0 Å². The molecule has 106 valence electrons. The molecule has 4 nitrogen and oxygen atoms in total. The van der Waals surface area contributed by atoms with Crippen molar-refractivity contribution >= 4 is 29.2 Å². The quantitative estimate of drug-likeness (QED) is 0.807. The molecule has 1 N–H and O–H groups in total. The highest BCUT2D eigenvalue weighted by Gasteiger charge is 2.53. The molecule has 1 aromatic rings. The predicted octanol–water partition coefficient (Wildman–Crippen LogP) is 3.35. The first-order valence-corrected chi connectivity index (χ1v) is 7.32. The normalized spacial score (nSPS) is 29.9. The Balaban J connectivity index is 1.97. The summed E-state index contributed by atoms with van der Waals surface area (Å²) < 4.78 is 0. The Bertz CT molecular complexity index is 575. The molecule has 1 spiro atoms. The molecule has 1 saturated heterocycles. The average molecular weight is 293 g/mol. The van der Waals surface area contributed by atoms with Crippen molar-refractivity contribution in [3.63, 3.8) is 0 Å². The number of imide groups is 1. The summed E-state index contributed by atoms with van der Waals surface area (Å²) in [6.07, 6.45) is 3.49. The summed E-state index contributed by atoms with van der Waals surface area (Å²) in [7, 11) is 0. The fraction of sp³-hybridized carbons (Fsp3) is 0.467. The molecule has 2 aliphatic rings. The van der Waals surface area contributed by atoms with E-state index in [1.54, 1.807) is 24.3 Å². The lowest BCUT2D eigenvalue weighted by atomic mass is 9.76. The highest BCUT2D eigenvalue weighted by atomic mass is 35.5. The van der Waals surface area contributed by atoms with E-state index in [2.05, 4.69) is 12.2 Å². The Kier molecular flexibility index (Phi) is 3.21. The second kappa shape index (κ2) is 4.77. The Labute approximate surface area is 123 Å². The van der Waals surface area contributed by atoms with Gasteiger partial charge in [0.25, 0.3) is 5.91 Å². The number of nitrogens with one attached hydrogen (secondary N) is 1. The number of nitrogens with zero attached hydrogens (tertiary/aromatic N) is 1. The van der Waals surface area contributed by atoms with Crippen molar-refractivity contribution in [1.29, 1.82) is 0 Å². The molecule has 2 fully saturated rings. The number of rotatable bonds is 1. The van der Waals surface area contributed by atoms with E-state index >= 15 is 0 Å². The molecule has 3 rings (SSSR count). The number of urea groups is 1. The third-order valence-electron chi connectivity index (χ3n) is 4.25. The van der Waals surface area contributed by atoms with Crippen LogP contribution in [0.1, 0.15) is 32.6 Å². The number of halogens is 1. The van der Waals surface area contributed by atoms with Gasteiger partial charge in [-0.25, -0.2) is 9.69 Å². The number of hydrogen-bond donors (Lipinski definition) is 1. The molecule has 1 saturated carbocycles. The second-order valence-corrected chi connectivity index (χ2v) is 6.21. The standard InChI is InChI=1S/C15H17ClN2O2/c1-10-5-4-8-15(9-10)13(19)18(14(20)17-15)12-7-3-2-6-11(12)16/h2-3,6-7,10H,4-5,8-9H2,1H3,(H,17,20). The molecule has 3 amide bonds. The zero-order valence-corrected chi connectivity index (χ0v) is 12.1. The van der Waals surface area contributed by atoms with Crippen molar-refractivity contribution in [2.24, 2.45) is 5.92 Å². The van der Waals surface area contributed by atoms with Crippen LogP contribution in [0.15, 0.2) is 24.3 Å². The molecule has 1 aliphatic carbocycles. The second-order valence-electron chi connectivity index (χ2n) is 5.81. The number of anilines is 1. The predicted molar refractivity (Wildman–Crippen MR) is 77.8 cm³/mol. The number of benzene rings is 1. The Morgan fingerprint density at radius 3 is 2.80 bits per heavy atom. The highest BCUT2D eigenvalue weighted by Crippen LogP contribution is 2.39. The number of amides is 3. The Morgan fingerprint density at radius 2 is 2.10 bits per heavy atom. The van der Waals surface area contributed by atoms with Gasteiger partial charge in [0.1, 0.15) is 5.54 Å². The van der Waals surface area contributed by atoms with E-state index in [4.69, 9.17) is 11.6 Å². The smallest absolute Gasteiger partial charge is 0.323 e. The lowest BCUT2D eigenvalue weighted by Crippen LogP contribution is -2.50. The van der Waals surface area contributed by atoms with E-state index in [1.807, 2.05) is 0 Å². The van der Waals surface area contributed by atoms with Crippen LogP contribution in [0.25, 0.3) is 0 Å². The lowest BCUT2D eigenvalue weighted by Gasteiger charge is -2.34. The molecular weight excluding hydrogens is 276 g/mol. The summed E-state index contributed by atoms with van der Waals surface area (Å²) in [5.41, 5.74) is -0.264. The number of carbonyl (C=O) groups is 2. The zero-order valence-electron chi connectivity index (χ0n) is 11.4. The summed E-state index contributed by atoms with van der Waals surface area (Å²) in [5, 5.41) is 3.32. The van der Waals surface area contributed by atoms with Crippen LogP contribution < -0.4 is 10.2 Å². The summed E-state index contributed by atoms with van der Waals surface area (Å²) >= 11 is 6.12. The first-order valence-electron chi connectivity index (χ1n) is 6.95. The van der Waals surface area contributed by atoms with Gasteiger partial charge in [-0.05, 0) is 30.9 Å². The van der Waals surface area contributed by atoms with E-state index in [1.165, 1.54) is 4.90 Å². The minimum atomic E-state index is -0.728. The van der Waals surface area contributed by atoms with Crippen LogP contribution in [0.2, 0.25) is 5.02 Å². The van der Waals surface area contributed by atoms with Crippen molar-refractivity contribution in [3.05, 3.63) is 29.3 Å². The van der Waals surface area contributed by atoms with E-state index in [0.717, 1.165) is 12.8 Å². The van der Waals surface area contributed by atoms with Gasteiger partial charge in [-0.1, -0.05) is 43.5 Å². The Morgan fingerprint density at radius 1 is 1.35 bits per heavy atom. The molecule has 0 aromatic heterocycles. The number of para-hydroxylation sites is 1. The molecule has 0 radical (unpaired) electrons. The van der Waals surface area contributed by atoms with E-state index in [0.29, 0.717) is 29.5 Å². The van der Waals surface area contributed by atoms with Crippen molar-refractivity contribution in [2.75, 3.05) is 4.90 Å². The fourth-order valence-electron chi connectivity index (χ4n) is 3.33. The van der Waals surface area contributed by atoms with Crippen LogP contribution in [0, 0.1) is 5.92 Å². The van der Waals surface area contributed by atoms with Crippen molar-refractivity contribution in [2.45, 2.75) is 38.1 Å². The number of carbonyl (C=O) groups excluding carboxylic acids is 2. The van der Waals surface area contributed by atoms with Crippen LogP contribution in [0.4, 0.5) is 10.5 Å². The molecule has 2 unspecified atom stereocenters. The summed E-state index contributed by atoms with van der Waals surface area (Å²) in [5.74, 6) is 0.279. The fourth-order valence-corrected chi connectivity index (χ4v) is 3.55. The average Bonchev–Trinajstić information content (AvgIpc) is 2.62. The molecule has 5 heteroatoms. The topological polar surface area (TPSA) is 49.4 Å². The molecule has 0 bridgehead atoms. The molecular formula is C15H17ClN2O2. The maximum Gasteiger partial charge on any atom is 0.329 e.